The predicted octanol–water partition coefficient (Wildman–Crippen LogP) is 5.77. The van der Waals surface area contributed by atoms with E-state index in [1.165, 1.54) is 5.56 Å². The Morgan fingerprint density at radius 3 is 2.48 bits per heavy atom. The minimum Gasteiger partial charge on any atom is -0.374 e. The van der Waals surface area contributed by atoms with Gasteiger partial charge in [-0.2, -0.15) is 4.98 Å². The van der Waals surface area contributed by atoms with E-state index in [1.807, 2.05) is 70.3 Å². The first-order valence-corrected chi connectivity index (χ1v) is 19.7. The van der Waals surface area contributed by atoms with Crippen molar-refractivity contribution in [2.45, 2.75) is 83.3 Å². The highest BCUT2D eigenvalue weighted by Gasteiger charge is 2.30. The van der Waals surface area contributed by atoms with E-state index in [1.54, 1.807) is 6.33 Å². The molecule has 3 amide bonds. The molecule has 0 bridgehead atoms. The number of carbonyl (C=O) groups is 3. The van der Waals surface area contributed by atoms with Gasteiger partial charge < -0.3 is 30.8 Å². The molecule has 4 aromatic heterocycles. The third-order valence-corrected chi connectivity index (χ3v) is 10.8. The van der Waals surface area contributed by atoms with E-state index in [4.69, 9.17) is 4.52 Å². The third kappa shape index (κ3) is 8.59. The molecule has 2 aliphatic rings. The maximum Gasteiger partial charge on any atom is 0.315 e. The SMILES string of the molecule is Cc1cc(-c2ncnc3[nH]c(-c4ccc(NCCNC5CC(c6ccc(NC7CCC(=O)NC7=O)cc6)C5)nc4)cc23)ccc1CNC(=O)c1nc(C(C)(C)C)no1. The fraction of sp³-hybridized carbons (Fsp3) is 0.349. The first-order valence-electron chi connectivity index (χ1n) is 19.7. The van der Waals surface area contributed by atoms with E-state index in [-0.39, 0.29) is 29.2 Å². The molecule has 0 spiro atoms. The maximum absolute atomic E-state index is 12.7. The van der Waals surface area contributed by atoms with Gasteiger partial charge >= 0.3 is 11.8 Å². The summed E-state index contributed by atoms with van der Waals surface area (Å²) < 4.78 is 5.18. The number of pyridine rings is 1. The number of fused-ring (bicyclic) bond motifs is 1. The zero-order valence-corrected chi connectivity index (χ0v) is 33.0. The van der Waals surface area contributed by atoms with Crippen molar-refractivity contribution in [3.63, 3.8) is 0 Å². The van der Waals surface area contributed by atoms with Crippen molar-refractivity contribution in [2.24, 2.45) is 0 Å². The second-order valence-electron chi connectivity index (χ2n) is 16.1. The second kappa shape index (κ2) is 16.2. The van der Waals surface area contributed by atoms with Crippen molar-refractivity contribution in [1.29, 1.82) is 0 Å². The van der Waals surface area contributed by atoms with Crippen LogP contribution in [-0.2, 0) is 21.5 Å². The molecule has 298 valence electrons. The van der Waals surface area contributed by atoms with E-state index < -0.39 is 5.91 Å². The van der Waals surface area contributed by atoms with Crippen LogP contribution in [0.4, 0.5) is 11.5 Å². The number of aryl methyl sites for hydroxylation is 1. The summed E-state index contributed by atoms with van der Waals surface area (Å²) >= 11 is 0. The lowest BCUT2D eigenvalue weighted by atomic mass is 9.76. The number of aromatic nitrogens is 6. The molecule has 2 fully saturated rings. The Morgan fingerprint density at radius 2 is 1.76 bits per heavy atom. The highest BCUT2D eigenvalue weighted by Crippen LogP contribution is 2.37. The quantitative estimate of drug-likeness (QED) is 0.0611. The lowest BCUT2D eigenvalue weighted by Crippen LogP contribution is -2.47. The minimum atomic E-state index is -0.414. The van der Waals surface area contributed by atoms with Gasteiger partial charge in [0.2, 0.25) is 11.8 Å². The third-order valence-electron chi connectivity index (χ3n) is 10.8. The molecule has 8 rings (SSSR count). The predicted molar refractivity (Wildman–Crippen MR) is 220 cm³/mol. The van der Waals surface area contributed by atoms with Crippen LogP contribution in [0.2, 0.25) is 0 Å². The van der Waals surface area contributed by atoms with E-state index in [0.29, 0.717) is 37.2 Å². The van der Waals surface area contributed by atoms with E-state index in [9.17, 15) is 14.4 Å². The highest BCUT2D eigenvalue weighted by molar-refractivity contribution is 6.01. The summed E-state index contributed by atoms with van der Waals surface area (Å²) in [7, 11) is 0. The summed E-state index contributed by atoms with van der Waals surface area (Å²) in [5.41, 5.74) is 8.14. The highest BCUT2D eigenvalue weighted by atomic mass is 16.5. The van der Waals surface area contributed by atoms with Gasteiger partial charge in [0.15, 0.2) is 5.82 Å². The number of anilines is 2. The molecule has 1 saturated carbocycles. The number of amides is 3. The Labute approximate surface area is 335 Å². The van der Waals surface area contributed by atoms with Gasteiger partial charge in [-0.25, -0.2) is 15.0 Å². The molecule has 1 atom stereocenters. The van der Waals surface area contributed by atoms with Crippen LogP contribution in [0, 0.1) is 6.92 Å². The smallest absolute Gasteiger partial charge is 0.315 e. The van der Waals surface area contributed by atoms with Crippen molar-refractivity contribution >= 4 is 40.3 Å². The van der Waals surface area contributed by atoms with Gasteiger partial charge in [0.05, 0.1) is 5.69 Å². The number of hydrogen-bond acceptors (Lipinski definition) is 12. The molecule has 1 aliphatic carbocycles. The number of benzene rings is 2. The normalized spacial score (nSPS) is 18.1. The van der Waals surface area contributed by atoms with Crippen LogP contribution in [0.3, 0.4) is 0 Å². The molecule has 58 heavy (non-hydrogen) atoms. The number of imide groups is 1. The number of nitrogens with one attached hydrogen (secondary N) is 6. The van der Waals surface area contributed by atoms with Crippen LogP contribution in [0.1, 0.15) is 85.6 Å². The number of rotatable bonds is 13. The number of hydrogen-bond donors (Lipinski definition) is 6. The Bertz CT molecular complexity index is 2450. The van der Waals surface area contributed by atoms with Gasteiger partial charge in [-0.15, -0.1) is 0 Å². The topological polar surface area (TPSA) is 205 Å². The molecule has 6 aromatic rings. The summed E-state index contributed by atoms with van der Waals surface area (Å²) in [5.74, 6) is 0.863. The minimum absolute atomic E-state index is 0.0518. The Balaban J connectivity index is 0.800. The Kier molecular flexibility index (Phi) is 10.7. The second-order valence-corrected chi connectivity index (χ2v) is 16.1. The Hall–Kier alpha value is -6.48. The van der Waals surface area contributed by atoms with E-state index >= 15 is 0 Å². The van der Waals surface area contributed by atoms with Gasteiger partial charge in [-0.05, 0) is 85.2 Å². The number of piperidine rings is 1. The number of aromatic amines is 1. The lowest BCUT2D eigenvalue weighted by Gasteiger charge is -2.36. The summed E-state index contributed by atoms with van der Waals surface area (Å²) in [5, 5.41) is 20.4. The van der Waals surface area contributed by atoms with Crippen molar-refractivity contribution < 1.29 is 18.9 Å². The standard InChI is InChI=1S/C43H47N11O4/c1-24-17-26(5-6-27(24)21-47-40(57)41-53-42(54-58-41)43(2,3)4)37-32-20-34(51-38(32)49-23-48-37)28-9-13-35(46-22-28)45-16-15-44-31-18-29(19-31)25-7-10-30(11-8-25)50-33-12-14-36(55)52-39(33)56/h5-11,13,17,20,22-23,29,31,33,44,50H,12,14-16,18-19,21H2,1-4H3,(H,45,46)(H,47,57)(H,48,49,51)(H,52,55,56). The van der Waals surface area contributed by atoms with Gasteiger partial charge in [0, 0.05) is 71.6 Å². The van der Waals surface area contributed by atoms with Gasteiger partial charge in [-0.1, -0.05) is 50.2 Å². The van der Waals surface area contributed by atoms with Crippen molar-refractivity contribution in [1.82, 2.24) is 46.0 Å². The van der Waals surface area contributed by atoms with Crippen LogP contribution < -0.4 is 26.6 Å². The summed E-state index contributed by atoms with van der Waals surface area (Å²) in [6.45, 7) is 9.78. The number of H-pyrrole nitrogens is 1. The molecule has 6 N–H and O–H groups in total. The largest absolute Gasteiger partial charge is 0.374 e. The van der Waals surface area contributed by atoms with Crippen molar-refractivity contribution in [3.8, 4) is 22.5 Å². The summed E-state index contributed by atoms with van der Waals surface area (Å²) in [6, 6.07) is 20.5. The fourth-order valence-corrected chi connectivity index (χ4v) is 7.30. The van der Waals surface area contributed by atoms with E-state index in [2.05, 4.69) is 80.9 Å². The van der Waals surface area contributed by atoms with Crippen LogP contribution in [-0.4, -0.2) is 73.0 Å². The molecule has 5 heterocycles. The molecule has 15 heteroatoms. The molecule has 2 aromatic carbocycles. The van der Waals surface area contributed by atoms with Crippen LogP contribution in [0.25, 0.3) is 33.5 Å². The molecule has 1 aliphatic heterocycles. The average molecular weight is 782 g/mol. The first-order chi connectivity index (χ1) is 28.0. The fourth-order valence-electron chi connectivity index (χ4n) is 7.30. The molecule has 0 radical (unpaired) electrons. The maximum atomic E-state index is 12.7. The monoisotopic (exact) mass is 781 g/mol. The van der Waals surface area contributed by atoms with Crippen molar-refractivity contribution in [3.05, 3.63) is 102 Å². The van der Waals surface area contributed by atoms with Gasteiger partial charge in [-0.3, -0.25) is 19.7 Å². The summed E-state index contributed by atoms with van der Waals surface area (Å²) in [6.07, 6.45) is 6.43. The molecule has 15 nitrogen and oxygen atoms in total. The van der Waals surface area contributed by atoms with Crippen LogP contribution >= 0.6 is 0 Å². The average Bonchev–Trinajstić information content (AvgIpc) is 3.88. The van der Waals surface area contributed by atoms with Crippen LogP contribution in [0.5, 0.6) is 0 Å². The van der Waals surface area contributed by atoms with Crippen LogP contribution in [0.15, 0.2) is 77.7 Å². The first kappa shape index (κ1) is 38.4. The van der Waals surface area contributed by atoms with Crippen molar-refractivity contribution in [2.75, 3.05) is 23.7 Å². The molecule has 1 saturated heterocycles. The zero-order chi connectivity index (χ0) is 40.4. The molecular formula is C43H47N11O4. The number of carbonyl (C=O) groups excluding carboxylic acids is 3. The summed E-state index contributed by atoms with van der Waals surface area (Å²) in [4.78, 5) is 57.6. The van der Waals surface area contributed by atoms with E-state index in [0.717, 1.165) is 82.1 Å². The number of nitrogens with zero attached hydrogens (tertiary/aromatic N) is 5. The molecule has 1 unspecified atom stereocenters. The lowest BCUT2D eigenvalue weighted by molar-refractivity contribution is -0.133. The zero-order valence-electron chi connectivity index (χ0n) is 33.0. The van der Waals surface area contributed by atoms with Gasteiger partial charge in [0.25, 0.3) is 0 Å². The Morgan fingerprint density at radius 1 is 0.948 bits per heavy atom. The van der Waals surface area contributed by atoms with Gasteiger partial charge in [0.1, 0.15) is 23.8 Å². The molecular weight excluding hydrogens is 735 g/mol.